The SMILES string of the molecule is O=C(CSc1nnc(CNC(=O)c2cc(Cl)ccc2Cl)n1-c1ccccc1)Nc1nc2ccccc2s1. The Bertz CT molecular complexity index is 1560. The standard InChI is InChI=1S/C25H18Cl2N6O2S2/c26-15-10-11-18(27)17(12-15)23(35)28-13-21-31-32-25(33(21)16-6-2-1-3-7-16)36-14-22(34)30-24-29-19-8-4-5-9-20(19)37-24/h1-12H,13-14H2,(H,28,35)(H,29,30,34). The van der Waals surface area contributed by atoms with Crippen molar-refractivity contribution in [2.75, 3.05) is 11.1 Å². The van der Waals surface area contributed by atoms with Gasteiger partial charge in [0.25, 0.3) is 5.91 Å². The van der Waals surface area contributed by atoms with Gasteiger partial charge in [-0.1, -0.05) is 76.6 Å². The summed E-state index contributed by atoms with van der Waals surface area (Å²) in [6.07, 6.45) is 0. The maximum Gasteiger partial charge on any atom is 0.253 e. The number of rotatable bonds is 8. The van der Waals surface area contributed by atoms with Gasteiger partial charge in [0.1, 0.15) is 0 Å². The fourth-order valence-corrected chi connectivity index (χ4v) is 5.51. The summed E-state index contributed by atoms with van der Waals surface area (Å²) in [5.41, 5.74) is 1.90. The van der Waals surface area contributed by atoms with Gasteiger partial charge in [0.2, 0.25) is 5.91 Å². The number of carbonyl (C=O) groups is 2. The lowest BCUT2D eigenvalue weighted by atomic mass is 10.2. The third kappa shape index (κ3) is 5.94. The van der Waals surface area contributed by atoms with Crippen LogP contribution in [0.15, 0.2) is 78.0 Å². The van der Waals surface area contributed by atoms with Gasteiger partial charge < -0.3 is 10.6 Å². The molecule has 0 fully saturated rings. The Morgan fingerprint density at radius 2 is 1.76 bits per heavy atom. The van der Waals surface area contributed by atoms with E-state index in [2.05, 4.69) is 25.8 Å². The molecule has 0 unspecified atom stereocenters. The van der Waals surface area contributed by atoms with E-state index >= 15 is 0 Å². The molecule has 2 amide bonds. The number of para-hydroxylation sites is 2. The van der Waals surface area contributed by atoms with Crippen LogP contribution in [0.2, 0.25) is 10.0 Å². The van der Waals surface area contributed by atoms with Crippen molar-refractivity contribution >= 4 is 73.5 Å². The zero-order valence-electron chi connectivity index (χ0n) is 19.0. The van der Waals surface area contributed by atoms with Crippen molar-refractivity contribution in [3.63, 3.8) is 0 Å². The van der Waals surface area contributed by atoms with Crippen LogP contribution < -0.4 is 10.6 Å². The Labute approximate surface area is 230 Å². The van der Waals surface area contributed by atoms with Crippen molar-refractivity contribution in [1.82, 2.24) is 25.1 Å². The van der Waals surface area contributed by atoms with Crippen molar-refractivity contribution in [3.05, 3.63) is 94.2 Å². The Morgan fingerprint density at radius 1 is 0.973 bits per heavy atom. The van der Waals surface area contributed by atoms with Crippen LogP contribution in [0, 0.1) is 0 Å². The van der Waals surface area contributed by atoms with Gasteiger partial charge in [0.05, 0.1) is 33.1 Å². The molecule has 0 radical (unpaired) electrons. The summed E-state index contributed by atoms with van der Waals surface area (Å²) in [7, 11) is 0. The van der Waals surface area contributed by atoms with Crippen LogP contribution in [0.4, 0.5) is 5.13 Å². The summed E-state index contributed by atoms with van der Waals surface area (Å²) >= 11 is 14.8. The highest BCUT2D eigenvalue weighted by atomic mass is 35.5. The number of hydrogen-bond donors (Lipinski definition) is 2. The molecule has 186 valence electrons. The first-order chi connectivity index (χ1) is 18.0. The van der Waals surface area contributed by atoms with E-state index in [0.717, 1.165) is 15.9 Å². The van der Waals surface area contributed by atoms with Crippen molar-refractivity contribution in [1.29, 1.82) is 0 Å². The molecule has 0 saturated carbocycles. The minimum Gasteiger partial charge on any atom is -0.345 e. The van der Waals surface area contributed by atoms with Gasteiger partial charge >= 0.3 is 0 Å². The van der Waals surface area contributed by atoms with E-state index in [1.54, 1.807) is 16.7 Å². The maximum absolute atomic E-state index is 12.7. The largest absolute Gasteiger partial charge is 0.345 e. The first-order valence-electron chi connectivity index (χ1n) is 11.0. The van der Waals surface area contributed by atoms with Crippen LogP contribution in [0.5, 0.6) is 0 Å². The second-order valence-electron chi connectivity index (χ2n) is 7.70. The topological polar surface area (TPSA) is 102 Å². The van der Waals surface area contributed by atoms with Gasteiger partial charge in [-0.05, 0) is 42.5 Å². The molecular formula is C25H18Cl2N6O2S2. The zero-order valence-corrected chi connectivity index (χ0v) is 22.2. The molecule has 0 bridgehead atoms. The van der Waals surface area contributed by atoms with Gasteiger partial charge in [0, 0.05) is 10.7 Å². The van der Waals surface area contributed by atoms with Crippen molar-refractivity contribution < 1.29 is 9.59 Å². The predicted octanol–water partition coefficient (Wildman–Crippen LogP) is 5.84. The Morgan fingerprint density at radius 3 is 2.57 bits per heavy atom. The van der Waals surface area contributed by atoms with Crippen LogP contribution in [-0.4, -0.2) is 37.3 Å². The summed E-state index contributed by atoms with van der Waals surface area (Å²) in [6.45, 7) is 0.0853. The third-order valence-corrected chi connectivity index (χ3v) is 7.61. The van der Waals surface area contributed by atoms with Crippen LogP contribution >= 0.6 is 46.3 Å². The number of thioether (sulfide) groups is 1. The van der Waals surface area contributed by atoms with Crippen LogP contribution in [0.3, 0.4) is 0 Å². The fourth-order valence-electron chi connectivity index (χ4n) is 3.48. The molecule has 37 heavy (non-hydrogen) atoms. The smallest absolute Gasteiger partial charge is 0.253 e. The summed E-state index contributed by atoms with van der Waals surface area (Å²) in [6, 6.07) is 21.9. The average molecular weight is 569 g/mol. The van der Waals surface area contributed by atoms with Crippen LogP contribution in [0.1, 0.15) is 16.2 Å². The van der Waals surface area contributed by atoms with Crippen LogP contribution in [-0.2, 0) is 11.3 Å². The fraction of sp³-hybridized carbons (Fsp3) is 0.0800. The molecule has 2 aromatic heterocycles. The molecule has 5 rings (SSSR count). The normalized spacial score (nSPS) is 11.0. The zero-order chi connectivity index (χ0) is 25.8. The lowest BCUT2D eigenvalue weighted by Gasteiger charge is -2.11. The Balaban J connectivity index is 1.30. The van der Waals surface area contributed by atoms with Gasteiger partial charge in [-0.25, -0.2) is 4.98 Å². The molecule has 3 aromatic carbocycles. The van der Waals surface area contributed by atoms with Crippen molar-refractivity contribution in [3.8, 4) is 5.69 Å². The number of amides is 2. The van der Waals surface area contributed by atoms with E-state index < -0.39 is 0 Å². The number of carbonyl (C=O) groups excluding carboxylic acids is 2. The van der Waals surface area contributed by atoms with Crippen molar-refractivity contribution in [2.45, 2.75) is 11.7 Å². The van der Waals surface area contributed by atoms with E-state index in [-0.39, 0.29) is 29.7 Å². The first kappa shape index (κ1) is 25.2. The summed E-state index contributed by atoms with van der Waals surface area (Å²) < 4.78 is 2.80. The maximum atomic E-state index is 12.7. The third-order valence-electron chi connectivity index (χ3n) is 5.17. The highest BCUT2D eigenvalue weighted by molar-refractivity contribution is 7.99. The van der Waals surface area contributed by atoms with Crippen molar-refractivity contribution in [2.24, 2.45) is 0 Å². The number of nitrogens with one attached hydrogen (secondary N) is 2. The molecule has 0 aliphatic rings. The number of benzene rings is 3. The first-order valence-corrected chi connectivity index (χ1v) is 13.5. The summed E-state index contributed by atoms with van der Waals surface area (Å²) in [5.74, 6) is -0.00538. The number of hydrogen-bond acceptors (Lipinski definition) is 7. The molecule has 0 saturated heterocycles. The molecule has 2 N–H and O–H groups in total. The molecule has 0 aliphatic heterocycles. The summed E-state index contributed by atoms with van der Waals surface area (Å²) in [5, 5.41) is 16.0. The quantitative estimate of drug-likeness (QED) is 0.228. The van der Waals surface area contributed by atoms with E-state index in [1.807, 2.05) is 54.6 Å². The molecule has 0 spiro atoms. The minimum atomic E-state index is -0.389. The number of fused-ring (bicyclic) bond motifs is 1. The highest BCUT2D eigenvalue weighted by Crippen LogP contribution is 2.27. The molecule has 0 atom stereocenters. The number of halogens is 2. The monoisotopic (exact) mass is 568 g/mol. The molecule has 5 aromatic rings. The molecule has 0 aliphatic carbocycles. The van der Waals surface area contributed by atoms with Gasteiger partial charge in [-0.15, -0.1) is 10.2 Å². The lowest BCUT2D eigenvalue weighted by molar-refractivity contribution is -0.113. The van der Waals surface area contributed by atoms with E-state index in [0.29, 0.717) is 26.2 Å². The number of thiazole rings is 1. The van der Waals surface area contributed by atoms with E-state index in [1.165, 1.54) is 29.2 Å². The molecule has 12 heteroatoms. The van der Waals surface area contributed by atoms with E-state index in [4.69, 9.17) is 23.2 Å². The van der Waals surface area contributed by atoms with Gasteiger partial charge in [-0.2, -0.15) is 0 Å². The summed E-state index contributed by atoms with van der Waals surface area (Å²) in [4.78, 5) is 29.8. The van der Waals surface area contributed by atoms with Gasteiger partial charge in [-0.3, -0.25) is 14.2 Å². The van der Waals surface area contributed by atoms with Crippen LogP contribution in [0.25, 0.3) is 15.9 Å². The second-order valence-corrected chi connectivity index (χ2v) is 10.5. The number of nitrogens with zero attached hydrogens (tertiary/aromatic N) is 4. The Hall–Kier alpha value is -3.44. The number of anilines is 1. The molecular weight excluding hydrogens is 551 g/mol. The molecule has 2 heterocycles. The van der Waals surface area contributed by atoms with Gasteiger partial charge in [0.15, 0.2) is 16.1 Å². The number of aromatic nitrogens is 4. The van der Waals surface area contributed by atoms with E-state index in [9.17, 15) is 9.59 Å². The highest BCUT2D eigenvalue weighted by Gasteiger charge is 2.18. The lowest BCUT2D eigenvalue weighted by Crippen LogP contribution is -2.25. The molecule has 8 nitrogen and oxygen atoms in total. The Kier molecular flexibility index (Phi) is 7.71. The average Bonchev–Trinajstić information content (AvgIpc) is 3.51. The minimum absolute atomic E-state index is 0.0853. The second kappa shape index (κ2) is 11.3. The predicted molar refractivity (Wildman–Crippen MR) is 148 cm³/mol.